The van der Waals surface area contributed by atoms with E-state index in [4.69, 9.17) is 22.8 Å². The quantitative estimate of drug-likeness (QED) is 0.0835. The van der Waals surface area contributed by atoms with Gasteiger partial charge in [-0.1, -0.05) is 12.5 Å². The Morgan fingerprint density at radius 2 is 1.49 bits per heavy atom. The van der Waals surface area contributed by atoms with Gasteiger partial charge in [-0.15, -0.1) is 0 Å². The lowest BCUT2D eigenvalue weighted by Gasteiger charge is -2.47. The minimum absolute atomic E-state index is 0.0669. The molecule has 2 rings (SSSR count). The second-order valence-corrected chi connectivity index (χ2v) is 29.8. The number of nitrogens with one attached hydrogen (secondary N) is 1. The maximum atomic E-state index is 12.6. The molecule has 2 fully saturated rings. The largest absolute Gasteiger partial charge is 0.415 e. The lowest BCUT2D eigenvalue weighted by molar-refractivity contribution is -0.872. The molecule has 0 bridgehead atoms. The van der Waals surface area contributed by atoms with Crippen molar-refractivity contribution in [3.63, 3.8) is 0 Å². The Labute approximate surface area is 254 Å². The third-order valence-electron chi connectivity index (χ3n) is 7.24. The first-order valence-electron chi connectivity index (χ1n) is 15.5. The van der Waals surface area contributed by atoms with Crippen LogP contribution < -0.4 is 5.32 Å². The van der Waals surface area contributed by atoms with Crippen molar-refractivity contribution in [2.24, 2.45) is 11.8 Å². The molecule has 8 nitrogen and oxygen atoms in total. The first-order valence-corrected chi connectivity index (χ1v) is 25.7. The van der Waals surface area contributed by atoms with Crippen molar-refractivity contribution in [3.8, 4) is 0 Å². The number of carbonyl (C=O) groups is 1. The van der Waals surface area contributed by atoms with Crippen molar-refractivity contribution in [2.75, 3.05) is 34.4 Å². The highest BCUT2D eigenvalue weighted by Crippen LogP contribution is 2.41. The fraction of sp³-hybridized carbons (Fsp3) is 0.900. The lowest BCUT2D eigenvalue weighted by atomic mass is 9.85. The molecule has 0 aromatic rings. The fourth-order valence-corrected chi connectivity index (χ4v) is 9.00. The Balaban J connectivity index is 2.20. The van der Waals surface area contributed by atoms with Gasteiger partial charge in [-0.2, -0.15) is 0 Å². The summed E-state index contributed by atoms with van der Waals surface area (Å²) in [5.74, 6) is 0.456. The molecule has 8 atom stereocenters. The number of hydrogen-bond donors (Lipinski definition) is 1. The van der Waals surface area contributed by atoms with E-state index in [9.17, 15) is 4.79 Å². The molecular formula is C30H63N2O6Si3+. The Kier molecular flexibility index (Phi) is 12.7. The number of quaternary nitrogens is 1. The smallest absolute Gasteiger partial charge is 0.248 e. The van der Waals surface area contributed by atoms with Crippen LogP contribution in [0.15, 0.2) is 11.6 Å². The van der Waals surface area contributed by atoms with Gasteiger partial charge < -0.3 is 32.6 Å². The standard InChI is InChI=1S/C30H62N2O6Si3/c1-21(17-27(33)31-20-32(4,5)6)16-25-30(38-41(13,14)15)29(37-40(10,11)12)24(19-34-25)18-26-28(35-26)22(2)23(3)36-39(7,8)9/h17,22-26,28-30H,16,18-20H2,1-15H3/p+1/b21-17+/t22-,23-,24-,25-,26-,28-,29+,30-/m0/s1. The van der Waals surface area contributed by atoms with Crippen molar-refractivity contribution in [1.29, 1.82) is 0 Å². The van der Waals surface area contributed by atoms with Crippen LogP contribution in [0.2, 0.25) is 58.9 Å². The van der Waals surface area contributed by atoms with E-state index in [1.807, 2.05) is 6.92 Å². The second-order valence-electron chi connectivity index (χ2n) is 16.4. The molecule has 2 heterocycles. The van der Waals surface area contributed by atoms with Gasteiger partial charge in [0.2, 0.25) is 5.91 Å². The third-order valence-corrected chi connectivity index (χ3v) is 10.3. The van der Waals surface area contributed by atoms with Crippen molar-refractivity contribution < 1.29 is 32.0 Å². The molecular weight excluding hydrogens is 569 g/mol. The number of rotatable bonds is 15. The van der Waals surface area contributed by atoms with E-state index < -0.39 is 25.0 Å². The number of ether oxygens (including phenoxy) is 2. The monoisotopic (exact) mass is 631 g/mol. The summed E-state index contributed by atoms with van der Waals surface area (Å²) in [7, 11) is 0.713. The molecule has 0 aliphatic carbocycles. The van der Waals surface area contributed by atoms with Crippen LogP contribution in [0.4, 0.5) is 0 Å². The first kappa shape index (κ1) is 36.8. The van der Waals surface area contributed by atoms with Gasteiger partial charge in [-0.25, -0.2) is 0 Å². The summed E-state index contributed by atoms with van der Waals surface area (Å²) in [6.45, 7) is 27.8. The molecule has 240 valence electrons. The molecule has 0 aromatic heterocycles. The number of carbonyl (C=O) groups excluding carboxylic acids is 1. The normalized spacial score (nSPS) is 29.7. The van der Waals surface area contributed by atoms with Crippen LogP contribution in [0.3, 0.4) is 0 Å². The summed E-state index contributed by atoms with van der Waals surface area (Å²) in [6.07, 6.45) is 3.39. The molecule has 0 radical (unpaired) electrons. The van der Waals surface area contributed by atoms with Crippen molar-refractivity contribution in [3.05, 3.63) is 11.6 Å². The molecule has 11 heteroatoms. The van der Waals surface area contributed by atoms with Crippen LogP contribution in [0.1, 0.15) is 33.6 Å². The molecule has 0 spiro atoms. The van der Waals surface area contributed by atoms with E-state index in [0.29, 0.717) is 30.1 Å². The van der Waals surface area contributed by atoms with Crippen LogP contribution in [-0.4, -0.2) is 106 Å². The summed E-state index contributed by atoms with van der Waals surface area (Å²) in [5.41, 5.74) is 0.985. The molecule has 0 saturated carbocycles. The molecule has 2 aliphatic rings. The molecule has 1 amide bonds. The number of amides is 1. The highest BCUT2D eigenvalue weighted by molar-refractivity contribution is 6.70. The van der Waals surface area contributed by atoms with E-state index >= 15 is 0 Å². The van der Waals surface area contributed by atoms with E-state index in [1.165, 1.54) is 0 Å². The average molecular weight is 632 g/mol. The average Bonchev–Trinajstić information content (AvgIpc) is 3.51. The summed E-state index contributed by atoms with van der Waals surface area (Å²) >= 11 is 0. The zero-order chi connectivity index (χ0) is 31.6. The maximum absolute atomic E-state index is 12.6. The molecule has 2 saturated heterocycles. The van der Waals surface area contributed by atoms with E-state index in [-0.39, 0.29) is 48.4 Å². The molecule has 41 heavy (non-hydrogen) atoms. The number of hydrogen-bond acceptors (Lipinski definition) is 6. The van der Waals surface area contributed by atoms with Crippen LogP contribution in [0.5, 0.6) is 0 Å². The van der Waals surface area contributed by atoms with Gasteiger partial charge in [-0.3, -0.25) is 4.79 Å². The van der Waals surface area contributed by atoms with Gasteiger partial charge >= 0.3 is 0 Å². The first-order chi connectivity index (χ1) is 18.4. The van der Waals surface area contributed by atoms with Crippen molar-refractivity contribution >= 4 is 30.9 Å². The second kappa shape index (κ2) is 14.2. The summed E-state index contributed by atoms with van der Waals surface area (Å²) < 4.78 is 33.7. The van der Waals surface area contributed by atoms with Crippen LogP contribution in [-0.2, 0) is 27.5 Å². The zero-order valence-corrected chi connectivity index (χ0v) is 31.9. The SMILES string of the molecule is C/C(=C\C(=O)NC[N+](C)(C)C)C[C@@H]1OC[C@H](C[C@@H]2O[C@H]2[C@@H](C)[C@H](C)O[Si](C)(C)C)[C@@H](O[Si](C)(C)C)[C@H]1O[Si](C)(C)C. The third kappa shape index (κ3) is 13.9. The predicted molar refractivity (Wildman–Crippen MR) is 175 cm³/mol. The Morgan fingerprint density at radius 3 is 2.00 bits per heavy atom. The maximum Gasteiger partial charge on any atom is 0.248 e. The van der Waals surface area contributed by atoms with Crippen LogP contribution in [0, 0.1) is 11.8 Å². The van der Waals surface area contributed by atoms with Crippen molar-refractivity contribution in [1.82, 2.24) is 5.32 Å². The molecule has 1 N–H and O–H groups in total. The van der Waals surface area contributed by atoms with Gasteiger partial charge in [0.25, 0.3) is 0 Å². The Hall–Kier alpha value is -0.379. The summed E-state index contributed by atoms with van der Waals surface area (Å²) in [4.78, 5) is 12.6. The fourth-order valence-electron chi connectivity index (χ4n) is 5.42. The number of epoxide rings is 1. The Bertz CT molecular complexity index is 891. The van der Waals surface area contributed by atoms with E-state index in [1.54, 1.807) is 6.08 Å². The van der Waals surface area contributed by atoms with Crippen LogP contribution in [0.25, 0.3) is 0 Å². The number of nitrogens with zero attached hydrogens (tertiary/aromatic N) is 1. The minimum atomic E-state index is -1.93. The Morgan fingerprint density at radius 1 is 0.927 bits per heavy atom. The zero-order valence-electron chi connectivity index (χ0n) is 28.9. The van der Waals surface area contributed by atoms with Gasteiger partial charge in [0.15, 0.2) is 31.6 Å². The summed E-state index contributed by atoms with van der Waals surface area (Å²) in [5, 5.41) is 3.00. The highest BCUT2D eigenvalue weighted by Gasteiger charge is 2.51. The lowest BCUT2D eigenvalue weighted by Crippen LogP contribution is -2.58. The summed E-state index contributed by atoms with van der Waals surface area (Å²) in [6, 6.07) is 0. The molecule has 0 aromatic carbocycles. The van der Waals surface area contributed by atoms with Crippen LogP contribution >= 0.6 is 0 Å². The minimum Gasteiger partial charge on any atom is -0.415 e. The highest BCUT2D eigenvalue weighted by atomic mass is 28.4. The van der Waals surface area contributed by atoms with Gasteiger partial charge in [0.1, 0.15) is 0 Å². The molecule has 2 aliphatic heterocycles. The van der Waals surface area contributed by atoms with Gasteiger partial charge in [-0.05, 0) is 85.6 Å². The van der Waals surface area contributed by atoms with Gasteiger partial charge in [0, 0.05) is 24.0 Å². The topological polar surface area (TPSA) is 78.6 Å². The van der Waals surface area contributed by atoms with Crippen molar-refractivity contribution in [2.45, 2.75) is 129 Å². The predicted octanol–water partition coefficient (Wildman–Crippen LogP) is 5.59. The van der Waals surface area contributed by atoms with E-state index in [0.717, 1.165) is 12.0 Å². The van der Waals surface area contributed by atoms with Gasteiger partial charge in [0.05, 0.1) is 58.3 Å². The van der Waals surface area contributed by atoms with E-state index in [2.05, 4.69) is 99.2 Å². The molecule has 0 unspecified atom stereocenters.